The van der Waals surface area contributed by atoms with Crippen molar-refractivity contribution in [1.82, 2.24) is 0 Å². The number of methoxy groups -OCH3 is 2. The standard InChI is InChI=1S/C10H11F3O2/c1-6-4-7(10(11,12)13)5-8(14-2)9(6)15-3/h4-5H,1-3H3. The van der Waals surface area contributed by atoms with E-state index in [1.165, 1.54) is 21.1 Å². The molecule has 0 radical (unpaired) electrons. The third-order valence-electron chi connectivity index (χ3n) is 1.99. The molecule has 1 aromatic carbocycles. The van der Waals surface area contributed by atoms with Crippen molar-refractivity contribution in [3.8, 4) is 11.5 Å². The number of hydrogen-bond acceptors (Lipinski definition) is 2. The molecule has 0 aromatic heterocycles. The first-order valence-electron chi connectivity index (χ1n) is 4.20. The molecule has 0 unspecified atom stereocenters. The Hall–Kier alpha value is -1.39. The van der Waals surface area contributed by atoms with Gasteiger partial charge in [0.05, 0.1) is 19.8 Å². The van der Waals surface area contributed by atoms with Crippen molar-refractivity contribution in [3.05, 3.63) is 23.3 Å². The highest BCUT2D eigenvalue weighted by Gasteiger charge is 2.32. The maximum atomic E-state index is 12.4. The molecule has 0 spiro atoms. The summed E-state index contributed by atoms with van der Waals surface area (Å²) in [4.78, 5) is 0. The quantitative estimate of drug-likeness (QED) is 0.762. The lowest BCUT2D eigenvalue weighted by atomic mass is 10.1. The molecule has 0 heterocycles. The van der Waals surface area contributed by atoms with Crippen molar-refractivity contribution in [3.63, 3.8) is 0 Å². The Kier molecular flexibility index (Phi) is 3.12. The fourth-order valence-electron chi connectivity index (χ4n) is 1.32. The zero-order chi connectivity index (χ0) is 11.6. The first-order chi connectivity index (χ1) is 6.90. The van der Waals surface area contributed by atoms with Crippen LogP contribution in [-0.4, -0.2) is 14.2 Å². The number of rotatable bonds is 2. The molecule has 0 aliphatic carbocycles. The van der Waals surface area contributed by atoms with Gasteiger partial charge in [0.15, 0.2) is 11.5 Å². The Morgan fingerprint density at radius 2 is 1.67 bits per heavy atom. The van der Waals surface area contributed by atoms with Crippen molar-refractivity contribution in [2.75, 3.05) is 14.2 Å². The summed E-state index contributed by atoms with van der Waals surface area (Å²) in [5.41, 5.74) is -0.346. The van der Waals surface area contributed by atoms with E-state index < -0.39 is 11.7 Å². The van der Waals surface area contributed by atoms with Crippen LogP contribution in [0.2, 0.25) is 0 Å². The van der Waals surface area contributed by atoms with Crippen molar-refractivity contribution in [1.29, 1.82) is 0 Å². The van der Waals surface area contributed by atoms with Gasteiger partial charge in [0, 0.05) is 0 Å². The normalized spacial score (nSPS) is 11.3. The minimum atomic E-state index is -4.37. The van der Waals surface area contributed by atoms with Gasteiger partial charge in [-0.1, -0.05) is 0 Å². The van der Waals surface area contributed by atoms with Crippen LogP contribution in [0.4, 0.5) is 13.2 Å². The van der Waals surface area contributed by atoms with Gasteiger partial charge in [0.1, 0.15) is 0 Å². The largest absolute Gasteiger partial charge is 0.493 e. The fourth-order valence-corrected chi connectivity index (χ4v) is 1.32. The van der Waals surface area contributed by atoms with Gasteiger partial charge in [-0.3, -0.25) is 0 Å². The van der Waals surface area contributed by atoms with Gasteiger partial charge < -0.3 is 9.47 Å². The lowest BCUT2D eigenvalue weighted by molar-refractivity contribution is -0.137. The first kappa shape index (κ1) is 11.7. The SMILES string of the molecule is COc1cc(C(F)(F)F)cc(C)c1OC. The van der Waals surface area contributed by atoms with Gasteiger partial charge in [-0.2, -0.15) is 13.2 Å². The van der Waals surface area contributed by atoms with Crippen LogP contribution in [0.15, 0.2) is 12.1 Å². The second-order valence-corrected chi connectivity index (χ2v) is 3.03. The van der Waals surface area contributed by atoms with Crippen LogP contribution in [-0.2, 0) is 6.18 Å². The summed E-state index contributed by atoms with van der Waals surface area (Å²) in [6.07, 6.45) is -4.37. The van der Waals surface area contributed by atoms with E-state index in [4.69, 9.17) is 9.47 Å². The highest BCUT2D eigenvalue weighted by molar-refractivity contribution is 5.49. The number of ether oxygens (including phenoxy) is 2. The number of benzene rings is 1. The Morgan fingerprint density at radius 1 is 1.07 bits per heavy atom. The summed E-state index contributed by atoms with van der Waals surface area (Å²) in [5.74, 6) is 0.412. The summed E-state index contributed by atoms with van der Waals surface area (Å²) in [5, 5.41) is 0. The Morgan fingerprint density at radius 3 is 2.07 bits per heavy atom. The molecule has 0 amide bonds. The predicted molar refractivity (Wildman–Crippen MR) is 49.3 cm³/mol. The summed E-state index contributed by atoms with van der Waals surface area (Å²) in [6.45, 7) is 1.54. The minimum absolute atomic E-state index is 0.0878. The first-order valence-corrected chi connectivity index (χ1v) is 4.20. The predicted octanol–water partition coefficient (Wildman–Crippen LogP) is 3.03. The van der Waals surface area contributed by atoms with E-state index in [1.54, 1.807) is 0 Å². The maximum Gasteiger partial charge on any atom is 0.416 e. The van der Waals surface area contributed by atoms with Gasteiger partial charge in [-0.15, -0.1) is 0 Å². The number of alkyl halides is 3. The number of aryl methyl sites for hydroxylation is 1. The molecular formula is C10H11F3O2. The van der Waals surface area contributed by atoms with Crippen LogP contribution in [0.5, 0.6) is 11.5 Å². The molecular weight excluding hydrogens is 209 g/mol. The van der Waals surface area contributed by atoms with Crippen LogP contribution in [0.25, 0.3) is 0 Å². The van der Waals surface area contributed by atoms with Gasteiger partial charge >= 0.3 is 6.18 Å². The second kappa shape index (κ2) is 4.00. The zero-order valence-electron chi connectivity index (χ0n) is 8.61. The minimum Gasteiger partial charge on any atom is -0.493 e. The fraction of sp³-hybridized carbons (Fsp3) is 0.400. The molecule has 2 nitrogen and oxygen atoms in total. The molecule has 0 aliphatic heterocycles. The average molecular weight is 220 g/mol. The molecule has 0 fully saturated rings. The van der Waals surface area contributed by atoms with E-state index in [0.717, 1.165) is 12.1 Å². The highest BCUT2D eigenvalue weighted by Crippen LogP contribution is 2.38. The van der Waals surface area contributed by atoms with Crippen LogP contribution in [0.3, 0.4) is 0 Å². The molecule has 0 N–H and O–H groups in total. The third kappa shape index (κ3) is 2.34. The van der Waals surface area contributed by atoms with Crippen LogP contribution >= 0.6 is 0 Å². The summed E-state index contributed by atoms with van der Waals surface area (Å²) in [6, 6.07) is 1.95. The van der Waals surface area contributed by atoms with E-state index >= 15 is 0 Å². The molecule has 84 valence electrons. The van der Waals surface area contributed by atoms with Crippen LogP contribution < -0.4 is 9.47 Å². The Labute approximate surface area is 85.6 Å². The van der Waals surface area contributed by atoms with Crippen molar-refractivity contribution >= 4 is 0 Å². The Bertz CT molecular complexity index is 358. The van der Waals surface area contributed by atoms with Gasteiger partial charge in [0.2, 0.25) is 0 Å². The third-order valence-corrected chi connectivity index (χ3v) is 1.99. The summed E-state index contributed by atoms with van der Waals surface area (Å²) >= 11 is 0. The molecule has 1 aromatic rings. The second-order valence-electron chi connectivity index (χ2n) is 3.03. The summed E-state index contributed by atoms with van der Waals surface area (Å²) in [7, 11) is 2.69. The van der Waals surface area contributed by atoms with E-state index in [0.29, 0.717) is 11.3 Å². The van der Waals surface area contributed by atoms with Crippen LogP contribution in [0, 0.1) is 6.92 Å². The van der Waals surface area contributed by atoms with E-state index in [9.17, 15) is 13.2 Å². The molecule has 0 saturated carbocycles. The van der Waals surface area contributed by atoms with E-state index in [-0.39, 0.29) is 5.75 Å². The Balaban J connectivity index is 3.32. The van der Waals surface area contributed by atoms with Crippen LogP contribution in [0.1, 0.15) is 11.1 Å². The molecule has 15 heavy (non-hydrogen) atoms. The molecule has 0 saturated heterocycles. The molecule has 1 rings (SSSR count). The summed E-state index contributed by atoms with van der Waals surface area (Å²) < 4.78 is 47.0. The van der Waals surface area contributed by atoms with Crippen molar-refractivity contribution in [2.24, 2.45) is 0 Å². The van der Waals surface area contributed by atoms with Crippen molar-refractivity contribution < 1.29 is 22.6 Å². The highest BCUT2D eigenvalue weighted by atomic mass is 19.4. The van der Waals surface area contributed by atoms with E-state index in [1.807, 2.05) is 0 Å². The topological polar surface area (TPSA) is 18.5 Å². The van der Waals surface area contributed by atoms with Crippen molar-refractivity contribution in [2.45, 2.75) is 13.1 Å². The van der Waals surface area contributed by atoms with Gasteiger partial charge in [0.25, 0.3) is 0 Å². The molecule has 5 heteroatoms. The zero-order valence-corrected chi connectivity index (χ0v) is 8.61. The maximum absolute atomic E-state index is 12.4. The molecule has 0 atom stereocenters. The number of hydrogen-bond donors (Lipinski definition) is 0. The molecule has 0 bridgehead atoms. The molecule has 0 aliphatic rings. The van der Waals surface area contributed by atoms with Gasteiger partial charge in [-0.05, 0) is 24.6 Å². The number of halogens is 3. The monoisotopic (exact) mass is 220 g/mol. The van der Waals surface area contributed by atoms with E-state index in [2.05, 4.69) is 0 Å². The smallest absolute Gasteiger partial charge is 0.416 e. The lowest BCUT2D eigenvalue weighted by Crippen LogP contribution is -2.06. The van der Waals surface area contributed by atoms with Gasteiger partial charge in [-0.25, -0.2) is 0 Å². The average Bonchev–Trinajstić information content (AvgIpc) is 2.15. The lowest BCUT2D eigenvalue weighted by Gasteiger charge is -2.14.